The second-order valence-corrected chi connectivity index (χ2v) is 4.37. The second kappa shape index (κ2) is 5.48. The lowest BCUT2D eigenvalue weighted by Gasteiger charge is -2.13. The molecule has 0 saturated carbocycles. The van der Waals surface area contributed by atoms with Crippen molar-refractivity contribution in [3.05, 3.63) is 23.7 Å². The van der Waals surface area contributed by atoms with Gasteiger partial charge in [0.15, 0.2) is 0 Å². The van der Waals surface area contributed by atoms with Crippen LogP contribution in [0.25, 0.3) is 0 Å². The van der Waals surface area contributed by atoms with Crippen LogP contribution in [0.3, 0.4) is 0 Å². The van der Waals surface area contributed by atoms with E-state index in [1.165, 1.54) is 0 Å². The first-order chi connectivity index (χ1) is 7.81. The van der Waals surface area contributed by atoms with Crippen molar-refractivity contribution in [2.75, 3.05) is 26.8 Å². The van der Waals surface area contributed by atoms with E-state index in [9.17, 15) is 0 Å². The average molecular weight is 225 g/mol. The maximum Gasteiger partial charge on any atom is 0.129 e. The lowest BCUT2D eigenvalue weighted by atomic mass is 10.1. The Balaban J connectivity index is 1.84. The quantitative estimate of drug-likeness (QED) is 0.819. The number of hydrogen-bond donors (Lipinski definition) is 1. The first-order valence-corrected chi connectivity index (χ1v) is 5.71. The summed E-state index contributed by atoms with van der Waals surface area (Å²) < 4.78 is 10.6. The van der Waals surface area contributed by atoms with Crippen molar-refractivity contribution in [1.29, 1.82) is 0 Å². The number of methoxy groups -OCH3 is 1. The lowest BCUT2D eigenvalue weighted by Crippen LogP contribution is -2.20. The Morgan fingerprint density at radius 2 is 2.31 bits per heavy atom. The van der Waals surface area contributed by atoms with E-state index in [2.05, 4.69) is 4.90 Å². The zero-order valence-corrected chi connectivity index (χ0v) is 9.69. The molecule has 1 aliphatic rings. The van der Waals surface area contributed by atoms with Crippen LogP contribution in [0, 0.1) is 5.92 Å². The van der Waals surface area contributed by atoms with Crippen LogP contribution >= 0.6 is 0 Å². The van der Waals surface area contributed by atoms with Crippen LogP contribution in [-0.2, 0) is 17.9 Å². The van der Waals surface area contributed by atoms with Gasteiger partial charge in [0.25, 0.3) is 0 Å². The van der Waals surface area contributed by atoms with Crippen molar-refractivity contribution < 1.29 is 14.3 Å². The molecular weight excluding hydrogens is 206 g/mol. The van der Waals surface area contributed by atoms with Gasteiger partial charge in [-0.1, -0.05) is 0 Å². The largest absolute Gasteiger partial charge is 0.462 e. The maximum absolute atomic E-state index is 9.06. The standard InChI is InChI=1S/C12H19NO3/c1-15-9-12-3-2-11(16-12)7-13-5-4-10(6-13)8-14/h2-3,10,14H,4-9H2,1H3. The van der Waals surface area contributed by atoms with E-state index in [0.29, 0.717) is 19.1 Å². The van der Waals surface area contributed by atoms with Crippen LogP contribution in [0.1, 0.15) is 17.9 Å². The van der Waals surface area contributed by atoms with E-state index < -0.39 is 0 Å². The molecule has 0 aromatic carbocycles. The van der Waals surface area contributed by atoms with Gasteiger partial charge in [-0.15, -0.1) is 0 Å². The highest BCUT2D eigenvalue weighted by atomic mass is 16.5. The summed E-state index contributed by atoms with van der Waals surface area (Å²) in [6, 6.07) is 3.96. The van der Waals surface area contributed by atoms with Crippen LogP contribution in [0.4, 0.5) is 0 Å². The van der Waals surface area contributed by atoms with Crippen LogP contribution in [0.15, 0.2) is 16.5 Å². The van der Waals surface area contributed by atoms with Gasteiger partial charge in [0, 0.05) is 20.3 Å². The molecule has 1 atom stereocenters. The molecule has 1 fully saturated rings. The highest BCUT2D eigenvalue weighted by Crippen LogP contribution is 2.19. The predicted molar refractivity (Wildman–Crippen MR) is 59.9 cm³/mol. The minimum atomic E-state index is 0.295. The first kappa shape index (κ1) is 11.6. The summed E-state index contributed by atoms with van der Waals surface area (Å²) in [5.74, 6) is 2.29. The number of aliphatic hydroxyl groups is 1. The summed E-state index contributed by atoms with van der Waals surface area (Å²) in [5, 5.41) is 9.06. The number of aliphatic hydroxyl groups excluding tert-OH is 1. The fourth-order valence-electron chi connectivity index (χ4n) is 2.15. The molecule has 4 nitrogen and oxygen atoms in total. The zero-order chi connectivity index (χ0) is 11.4. The fourth-order valence-corrected chi connectivity index (χ4v) is 2.15. The van der Waals surface area contributed by atoms with Crippen molar-refractivity contribution in [3.63, 3.8) is 0 Å². The van der Waals surface area contributed by atoms with Gasteiger partial charge in [-0.3, -0.25) is 4.90 Å². The molecule has 1 saturated heterocycles. The van der Waals surface area contributed by atoms with Gasteiger partial charge in [-0.05, 0) is 31.0 Å². The van der Waals surface area contributed by atoms with Crippen LogP contribution in [0.2, 0.25) is 0 Å². The molecule has 1 aromatic rings. The molecule has 1 N–H and O–H groups in total. The molecule has 1 unspecified atom stereocenters. The Morgan fingerprint density at radius 3 is 3.00 bits per heavy atom. The Morgan fingerprint density at radius 1 is 1.50 bits per heavy atom. The lowest BCUT2D eigenvalue weighted by molar-refractivity contribution is 0.159. The summed E-state index contributed by atoms with van der Waals surface area (Å²) in [5.41, 5.74) is 0. The highest BCUT2D eigenvalue weighted by Gasteiger charge is 2.22. The molecule has 2 heterocycles. The summed E-state index contributed by atoms with van der Waals surface area (Å²) in [6.45, 7) is 3.67. The normalized spacial score (nSPS) is 21.8. The van der Waals surface area contributed by atoms with Gasteiger partial charge in [-0.25, -0.2) is 0 Å². The van der Waals surface area contributed by atoms with Crippen molar-refractivity contribution in [2.45, 2.75) is 19.6 Å². The number of furan rings is 1. The van der Waals surface area contributed by atoms with Crippen molar-refractivity contribution in [3.8, 4) is 0 Å². The van der Waals surface area contributed by atoms with E-state index in [1.807, 2.05) is 12.1 Å². The van der Waals surface area contributed by atoms with Gasteiger partial charge in [-0.2, -0.15) is 0 Å². The second-order valence-electron chi connectivity index (χ2n) is 4.37. The van der Waals surface area contributed by atoms with E-state index >= 15 is 0 Å². The SMILES string of the molecule is COCc1ccc(CN2CCC(CO)C2)o1. The number of rotatable bonds is 5. The molecule has 1 aliphatic heterocycles. The highest BCUT2D eigenvalue weighted by molar-refractivity contribution is 5.06. The van der Waals surface area contributed by atoms with Gasteiger partial charge in [0.2, 0.25) is 0 Å². The van der Waals surface area contributed by atoms with Crippen LogP contribution in [-0.4, -0.2) is 36.8 Å². The Hall–Kier alpha value is -0.840. The molecule has 0 bridgehead atoms. The Labute approximate surface area is 95.8 Å². The topological polar surface area (TPSA) is 45.8 Å². The third kappa shape index (κ3) is 2.84. The van der Waals surface area contributed by atoms with Crippen molar-refractivity contribution in [1.82, 2.24) is 4.90 Å². The summed E-state index contributed by atoms with van der Waals surface area (Å²) in [7, 11) is 1.66. The van der Waals surface area contributed by atoms with Gasteiger partial charge >= 0.3 is 0 Å². The summed E-state index contributed by atoms with van der Waals surface area (Å²) >= 11 is 0. The third-order valence-corrected chi connectivity index (χ3v) is 3.01. The molecule has 90 valence electrons. The zero-order valence-electron chi connectivity index (χ0n) is 9.69. The molecular formula is C12H19NO3. The van der Waals surface area contributed by atoms with Crippen LogP contribution < -0.4 is 0 Å². The molecule has 2 rings (SSSR count). The Bertz CT molecular complexity index is 324. The predicted octanol–water partition coefficient (Wildman–Crippen LogP) is 1.24. The smallest absolute Gasteiger partial charge is 0.129 e. The number of hydrogen-bond acceptors (Lipinski definition) is 4. The van der Waals surface area contributed by atoms with Crippen molar-refractivity contribution in [2.24, 2.45) is 5.92 Å². The molecule has 1 aromatic heterocycles. The van der Waals surface area contributed by atoms with Crippen LogP contribution in [0.5, 0.6) is 0 Å². The number of ether oxygens (including phenoxy) is 1. The van der Waals surface area contributed by atoms with Gasteiger partial charge in [0.1, 0.15) is 18.1 Å². The molecule has 4 heteroatoms. The minimum absolute atomic E-state index is 0.295. The van der Waals surface area contributed by atoms with Crippen molar-refractivity contribution >= 4 is 0 Å². The molecule has 0 radical (unpaired) electrons. The number of nitrogens with zero attached hydrogens (tertiary/aromatic N) is 1. The Kier molecular flexibility index (Phi) is 3.98. The average Bonchev–Trinajstić information content (AvgIpc) is 2.89. The minimum Gasteiger partial charge on any atom is -0.462 e. The molecule has 16 heavy (non-hydrogen) atoms. The molecule has 0 spiro atoms. The molecule has 0 amide bonds. The molecule has 0 aliphatic carbocycles. The monoisotopic (exact) mass is 225 g/mol. The maximum atomic E-state index is 9.06. The number of likely N-dealkylation sites (tertiary alicyclic amines) is 1. The van der Waals surface area contributed by atoms with Gasteiger partial charge < -0.3 is 14.3 Å². The third-order valence-electron chi connectivity index (χ3n) is 3.01. The first-order valence-electron chi connectivity index (χ1n) is 5.71. The summed E-state index contributed by atoms with van der Waals surface area (Å²) in [6.07, 6.45) is 1.09. The summed E-state index contributed by atoms with van der Waals surface area (Å²) in [4.78, 5) is 2.32. The van der Waals surface area contributed by atoms with E-state index in [4.69, 9.17) is 14.3 Å². The fraction of sp³-hybridized carbons (Fsp3) is 0.667. The van der Waals surface area contributed by atoms with E-state index in [0.717, 1.165) is 37.6 Å². The van der Waals surface area contributed by atoms with Gasteiger partial charge in [0.05, 0.1) is 6.54 Å². The van der Waals surface area contributed by atoms with E-state index in [1.54, 1.807) is 7.11 Å². The van der Waals surface area contributed by atoms with E-state index in [-0.39, 0.29) is 0 Å².